The molecule has 104 valence electrons. The van der Waals surface area contributed by atoms with Crippen molar-refractivity contribution < 1.29 is 9.53 Å². The molecule has 1 amide bonds. The summed E-state index contributed by atoms with van der Waals surface area (Å²) >= 11 is 3.45. The highest BCUT2D eigenvalue weighted by atomic mass is 79.9. The number of ether oxygens (including phenoxy) is 1. The third-order valence-corrected chi connectivity index (χ3v) is 4.37. The van der Waals surface area contributed by atoms with E-state index in [2.05, 4.69) is 22.9 Å². The average molecular weight is 326 g/mol. The lowest BCUT2D eigenvalue weighted by atomic mass is 10.0. The van der Waals surface area contributed by atoms with Crippen LogP contribution in [-0.4, -0.2) is 31.0 Å². The van der Waals surface area contributed by atoms with E-state index in [0.717, 1.165) is 29.7 Å². The normalized spacial score (nSPS) is 18.7. The molecule has 0 aliphatic carbocycles. The largest absolute Gasteiger partial charge is 0.497 e. The van der Waals surface area contributed by atoms with Crippen molar-refractivity contribution in [2.45, 2.75) is 26.2 Å². The minimum atomic E-state index is 0.101. The SMILES string of the molecule is CCCC1CCN(C(=O)c2cc(OC)ccc2Br)C1. The second kappa shape index (κ2) is 6.42. The molecule has 1 aliphatic heterocycles. The Bertz CT molecular complexity index is 461. The fourth-order valence-corrected chi connectivity index (χ4v) is 3.04. The fourth-order valence-electron chi connectivity index (χ4n) is 2.63. The van der Waals surface area contributed by atoms with Gasteiger partial charge in [-0.15, -0.1) is 0 Å². The number of likely N-dealkylation sites (tertiary alicyclic amines) is 1. The third kappa shape index (κ3) is 3.30. The molecule has 1 unspecified atom stereocenters. The zero-order valence-corrected chi connectivity index (χ0v) is 13.1. The molecule has 1 aromatic rings. The second-order valence-electron chi connectivity index (χ2n) is 5.04. The Morgan fingerprint density at radius 2 is 2.32 bits per heavy atom. The van der Waals surface area contributed by atoms with Crippen LogP contribution >= 0.6 is 15.9 Å². The Morgan fingerprint density at radius 3 is 3.00 bits per heavy atom. The van der Waals surface area contributed by atoms with Gasteiger partial charge in [-0.2, -0.15) is 0 Å². The van der Waals surface area contributed by atoms with Gasteiger partial charge in [-0.25, -0.2) is 0 Å². The van der Waals surface area contributed by atoms with E-state index in [1.54, 1.807) is 13.2 Å². The molecule has 1 aliphatic rings. The molecule has 2 rings (SSSR count). The average Bonchev–Trinajstić information content (AvgIpc) is 2.88. The van der Waals surface area contributed by atoms with E-state index < -0.39 is 0 Å². The Morgan fingerprint density at radius 1 is 1.53 bits per heavy atom. The molecular weight excluding hydrogens is 306 g/mol. The molecule has 0 N–H and O–H groups in total. The Kier molecular flexibility index (Phi) is 4.86. The van der Waals surface area contributed by atoms with Crippen LogP contribution in [0.25, 0.3) is 0 Å². The minimum absolute atomic E-state index is 0.101. The number of amides is 1. The first-order valence-electron chi connectivity index (χ1n) is 6.78. The molecule has 1 aromatic carbocycles. The van der Waals surface area contributed by atoms with Crippen molar-refractivity contribution in [1.29, 1.82) is 0 Å². The highest BCUT2D eigenvalue weighted by Gasteiger charge is 2.27. The number of carbonyl (C=O) groups excluding carboxylic acids is 1. The van der Waals surface area contributed by atoms with Crippen molar-refractivity contribution >= 4 is 21.8 Å². The molecule has 0 radical (unpaired) electrons. The number of halogens is 1. The Labute approximate surface area is 123 Å². The maximum atomic E-state index is 12.5. The van der Waals surface area contributed by atoms with Gasteiger partial charge in [0.1, 0.15) is 5.75 Å². The van der Waals surface area contributed by atoms with Crippen LogP contribution < -0.4 is 4.74 Å². The van der Waals surface area contributed by atoms with Crippen molar-refractivity contribution in [2.24, 2.45) is 5.92 Å². The summed E-state index contributed by atoms with van der Waals surface area (Å²) < 4.78 is 6.02. The number of hydrogen-bond acceptors (Lipinski definition) is 2. The van der Waals surface area contributed by atoms with E-state index in [4.69, 9.17) is 4.74 Å². The van der Waals surface area contributed by atoms with Crippen LogP contribution in [0.15, 0.2) is 22.7 Å². The van der Waals surface area contributed by atoms with Crippen molar-refractivity contribution in [2.75, 3.05) is 20.2 Å². The van der Waals surface area contributed by atoms with Gasteiger partial charge in [-0.05, 0) is 52.9 Å². The van der Waals surface area contributed by atoms with E-state index in [9.17, 15) is 4.79 Å². The van der Waals surface area contributed by atoms with Crippen LogP contribution in [0.5, 0.6) is 5.75 Å². The van der Waals surface area contributed by atoms with Gasteiger partial charge >= 0.3 is 0 Å². The highest BCUT2D eigenvalue weighted by Crippen LogP contribution is 2.27. The zero-order valence-electron chi connectivity index (χ0n) is 11.5. The summed E-state index contributed by atoms with van der Waals surface area (Å²) in [5.74, 6) is 1.48. The topological polar surface area (TPSA) is 29.5 Å². The summed E-state index contributed by atoms with van der Waals surface area (Å²) in [5.41, 5.74) is 0.691. The van der Waals surface area contributed by atoms with Gasteiger partial charge in [0, 0.05) is 17.6 Å². The molecule has 0 bridgehead atoms. The lowest BCUT2D eigenvalue weighted by Crippen LogP contribution is -2.29. The monoisotopic (exact) mass is 325 g/mol. The molecular formula is C15H20BrNO2. The Balaban J connectivity index is 2.12. The first-order chi connectivity index (χ1) is 9.15. The zero-order chi connectivity index (χ0) is 13.8. The first kappa shape index (κ1) is 14.4. The predicted molar refractivity (Wildman–Crippen MR) is 79.6 cm³/mol. The maximum absolute atomic E-state index is 12.5. The first-order valence-corrected chi connectivity index (χ1v) is 7.57. The molecule has 0 saturated carbocycles. The molecule has 1 fully saturated rings. The smallest absolute Gasteiger partial charge is 0.255 e. The van der Waals surface area contributed by atoms with Crippen LogP contribution in [0.2, 0.25) is 0 Å². The van der Waals surface area contributed by atoms with E-state index in [1.165, 1.54) is 12.8 Å². The second-order valence-corrected chi connectivity index (χ2v) is 5.89. The summed E-state index contributed by atoms with van der Waals surface area (Å²) in [4.78, 5) is 14.5. The summed E-state index contributed by atoms with van der Waals surface area (Å²) in [6.45, 7) is 3.95. The number of methoxy groups -OCH3 is 1. The Hall–Kier alpha value is -1.03. The predicted octanol–water partition coefficient (Wildman–Crippen LogP) is 3.72. The minimum Gasteiger partial charge on any atom is -0.497 e. The van der Waals surface area contributed by atoms with Gasteiger partial charge < -0.3 is 9.64 Å². The third-order valence-electron chi connectivity index (χ3n) is 3.67. The van der Waals surface area contributed by atoms with Crippen LogP contribution in [-0.2, 0) is 0 Å². The van der Waals surface area contributed by atoms with Crippen LogP contribution in [0.4, 0.5) is 0 Å². The summed E-state index contributed by atoms with van der Waals surface area (Å²) in [6.07, 6.45) is 3.53. The standard InChI is InChI=1S/C15H20BrNO2/c1-3-4-11-7-8-17(10-11)15(18)13-9-12(19-2)5-6-14(13)16/h5-6,9,11H,3-4,7-8,10H2,1-2H3. The fraction of sp³-hybridized carbons (Fsp3) is 0.533. The number of benzene rings is 1. The highest BCUT2D eigenvalue weighted by molar-refractivity contribution is 9.10. The molecule has 3 nitrogen and oxygen atoms in total. The van der Waals surface area contributed by atoms with Crippen LogP contribution in [0.3, 0.4) is 0 Å². The van der Waals surface area contributed by atoms with Crippen molar-refractivity contribution in [1.82, 2.24) is 4.90 Å². The molecule has 0 aromatic heterocycles. The van der Waals surface area contributed by atoms with Gasteiger partial charge in [-0.3, -0.25) is 4.79 Å². The van der Waals surface area contributed by atoms with Gasteiger partial charge in [0.25, 0.3) is 5.91 Å². The number of nitrogens with zero attached hydrogens (tertiary/aromatic N) is 1. The quantitative estimate of drug-likeness (QED) is 0.844. The molecule has 1 heterocycles. The lowest BCUT2D eigenvalue weighted by molar-refractivity contribution is 0.0785. The van der Waals surface area contributed by atoms with Gasteiger partial charge in [0.15, 0.2) is 0 Å². The summed E-state index contributed by atoms with van der Waals surface area (Å²) in [5, 5.41) is 0. The molecule has 1 saturated heterocycles. The number of hydrogen-bond donors (Lipinski definition) is 0. The molecule has 0 spiro atoms. The number of carbonyl (C=O) groups is 1. The molecule has 1 atom stereocenters. The van der Waals surface area contributed by atoms with Gasteiger partial charge in [-0.1, -0.05) is 13.3 Å². The number of rotatable bonds is 4. The van der Waals surface area contributed by atoms with Gasteiger partial charge in [0.2, 0.25) is 0 Å². The van der Waals surface area contributed by atoms with Crippen molar-refractivity contribution in [3.8, 4) is 5.75 Å². The molecule has 19 heavy (non-hydrogen) atoms. The summed E-state index contributed by atoms with van der Waals surface area (Å²) in [7, 11) is 1.62. The van der Waals surface area contributed by atoms with E-state index in [0.29, 0.717) is 11.5 Å². The lowest BCUT2D eigenvalue weighted by Gasteiger charge is -2.18. The van der Waals surface area contributed by atoms with Crippen molar-refractivity contribution in [3.63, 3.8) is 0 Å². The summed E-state index contributed by atoms with van der Waals surface area (Å²) in [6, 6.07) is 5.52. The maximum Gasteiger partial charge on any atom is 0.255 e. The van der Waals surface area contributed by atoms with E-state index >= 15 is 0 Å². The van der Waals surface area contributed by atoms with E-state index in [-0.39, 0.29) is 5.91 Å². The van der Waals surface area contributed by atoms with Gasteiger partial charge in [0.05, 0.1) is 12.7 Å². The van der Waals surface area contributed by atoms with E-state index in [1.807, 2.05) is 17.0 Å². The van der Waals surface area contributed by atoms with Crippen LogP contribution in [0, 0.1) is 5.92 Å². The van der Waals surface area contributed by atoms with Crippen LogP contribution in [0.1, 0.15) is 36.5 Å². The molecule has 4 heteroatoms. The van der Waals surface area contributed by atoms with Crippen molar-refractivity contribution in [3.05, 3.63) is 28.2 Å².